The maximum absolute atomic E-state index is 12.1. The molecule has 0 spiro atoms. The normalized spacial score (nSPS) is 10.7. The van der Waals surface area contributed by atoms with Crippen molar-refractivity contribution in [3.63, 3.8) is 0 Å². The predicted molar refractivity (Wildman–Crippen MR) is 131 cm³/mol. The number of ether oxygens (including phenoxy) is 2. The fraction of sp³-hybridized carbons (Fsp3) is 0.222. The highest BCUT2D eigenvalue weighted by molar-refractivity contribution is 5.84. The molecule has 4 aromatic rings. The number of urea groups is 1. The maximum atomic E-state index is 12.1. The van der Waals surface area contributed by atoms with Crippen molar-refractivity contribution in [1.29, 1.82) is 0 Å². The Balaban J connectivity index is 1.20. The van der Waals surface area contributed by atoms with Crippen LogP contribution in [0, 0.1) is 0 Å². The summed E-state index contributed by atoms with van der Waals surface area (Å²) < 4.78 is 11.1. The molecule has 0 saturated heterocycles. The monoisotopic (exact) mass is 443 g/mol. The van der Waals surface area contributed by atoms with E-state index in [9.17, 15) is 4.79 Å². The molecule has 0 aliphatic heterocycles. The van der Waals surface area contributed by atoms with Crippen LogP contribution in [0.5, 0.6) is 11.5 Å². The van der Waals surface area contributed by atoms with Gasteiger partial charge < -0.3 is 25.1 Å². The molecule has 0 radical (unpaired) electrons. The van der Waals surface area contributed by atoms with Crippen molar-refractivity contribution in [1.82, 2.24) is 15.6 Å². The maximum Gasteiger partial charge on any atom is 0.314 e. The smallest absolute Gasteiger partial charge is 0.314 e. The average molecular weight is 444 g/mol. The van der Waals surface area contributed by atoms with Gasteiger partial charge in [0.1, 0.15) is 18.1 Å². The molecule has 6 nitrogen and oxygen atoms in total. The number of fused-ring (bicyclic) bond motifs is 1. The molecule has 0 saturated carbocycles. The Morgan fingerprint density at radius 1 is 0.848 bits per heavy atom. The molecule has 1 aromatic heterocycles. The van der Waals surface area contributed by atoms with E-state index in [2.05, 4.69) is 21.7 Å². The molecule has 170 valence electrons. The summed E-state index contributed by atoms with van der Waals surface area (Å²) in [5, 5.41) is 6.98. The molecule has 4 rings (SSSR count). The van der Waals surface area contributed by atoms with Crippen molar-refractivity contribution in [2.24, 2.45) is 0 Å². The molecule has 0 bridgehead atoms. The van der Waals surface area contributed by atoms with E-state index in [-0.39, 0.29) is 6.03 Å². The van der Waals surface area contributed by atoms with Crippen molar-refractivity contribution in [2.75, 3.05) is 20.2 Å². The number of methoxy groups -OCH3 is 1. The van der Waals surface area contributed by atoms with Crippen LogP contribution in [0.1, 0.15) is 16.7 Å². The van der Waals surface area contributed by atoms with E-state index in [1.807, 2.05) is 72.9 Å². The first-order valence-electron chi connectivity index (χ1n) is 11.1. The van der Waals surface area contributed by atoms with E-state index in [0.29, 0.717) is 19.7 Å². The summed E-state index contributed by atoms with van der Waals surface area (Å²) in [4.78, 5) is 15.4. The highest BCUT2D eigenvalue weighted by Gasteiger charge is 2.07. The molecule has 0 fully saturated rings. The lowest BCUT2D eigenvalue weighted by atomic mass is 10.1. The first-order chi connectivity index (χ1) is 16.2. The van der Waals surface area contributed by atoms with Gasteiger partial charge in [0.2, 0.25) is 0 Å². The summed E-state index contributed by atoms with van der Waals surface area (Å²) in [6, 6.07) is 23.9. The Bertz CT molecular complexity index is 1170. The Hall–Kier alpha value is -3.93. The number of benzene rings is 3. The van der Waals surface area contributed by atoms with Gasteiger partial charge in [-0.05, 0) is 53.8 Å². The quantitative estimate of drug-likeness (QED) is 0.328. The van der Waals surface area contributed by atoms with Gasteiger partial charge >= 0.3 is 6.03 Å². The van der Waals surface area contributed by atoms with Gasteiger partial charge in [-0.2, -0.15) is 0 Å². The minimum Gasteiger partial charge on any atom is -0.497 e. The molecule has 0 unspecified atom stereocenters. The fourth-order valence-electron chi connectivity index (χ4n) is 3.69. The largest absolute Gasteiger partial charge is 0.497 e. The zero-order valence-electron chi connectivity index (χ0n) is 18.8. The van der Waals surface area contributed by atoms with Crippen LogP contribution in [-0.4, -0.2) is 31.2 Å². The number of hydrogen-bond acceptors (Lipinski definition) is 3. The average Bonchev–Trinajstić information content (AvgIpc) is 3.26. The minimum absolute atomic E-state index is 0.153. The third-order valence-corrected chi connectivity index (χ3v) is 5.53. The first-order valence-corrected chi connectivity index (χ1v) is 11.1. The Kier molecular flexibility index (Phi) is 7.48. The van der Waals surface area contributed by atoms with Gasteiger partial charge in [0.25, 0.3) is 0 Å². The van der Waals surface area contributed by atoms with Crippen molar-refractivity contribution >= 4 is 16.9 Å². The molecule has 3 N–H and O–H groups in total. The van der Waals surface area contributed by atoms with Crippen LogP contribution in [0.15, 0.2) is 79.0 Å². The van der Waals surface area contributed by atoms with Crippen molar-refractivity contribution < 1.29 is 14.3 Å². The number of nitrogens with one attached hydrogen (secondary N) is 3. The summed E-state index contributed by atoms with van der Waals surface area (Å²) in [5.41, 5.74) is 4.48. The SMILES string of the molecule is COc1ccc(CCNC(=O)NCCc2c[nH]c3cc(OCc4ccccc4)ccc23)cc1. The van der Waals surface area contributed by atoms with Crippen LogP contribution < -0.4 is 20.1 Å². The minimum atomic E-state index is -0.153. The number of aromatic amines is 1. The van der Waals surface area contributed by atoms with E-state index in [1.54, 1.807) is 7.11 Å². The molecule has 3 aromatic carbocycles. The molecule has 0 atom stereocenters. The van der Waals surface area contributed by atoms with Crippen LogP contribution in [0.25, 0.3) is 10.9 Å². The number of carbonyl (C=O) groups is 1. The number of hydrogen-bond donors (Lipinski definition) is 3. The van der Waals surface area contributed by atoms with E-state index in [0.717, 1.165) is 51.9 Å². The molecule has 6 heteroatoms. The molecular formula is C27H29N3O3. The highest BCUT2D eigenvalue weighted by Crippen LogP contribution is 2.24. The summed E-state index contributed by atoms with van der Waals surface area (Å²) in [7, 11) is 1.65. The lowest BCUT2D eigenvalue weighted by Gasteiger charge is -2.08. The standard InChI is InChI=1S/C27H29N3O3/c1-32-23-9-7-20(8-10-23)13-15-28-27(31)29-16-14-22-18-30-26-17-24(11-12-25(22)26)33-19-21-5-3-2-4-6-21/h2-12,17-18,30H,13-16,19H2,1H3,(H2,28,29,31). The second kappa shape index (κ2) is 11.1. The van der Waals surface area contributed by atoms with Crippen molar-refractivity contribution in [2.45, 2.75) is 19.4 Å². The van der Waals surface area contributed by atoms with Crippen LogP contribution in [-0.2, 0) is 19.4 Å². The molecule has 0 aliphatic rings. The lowest BCUT2D eigenvalue weighted by molar-refractivity contribution is 0.241. The van der Waals surface area contributed by atoms with Gasteiger partial charge in [-0.25, -0.2) is 4.79 Å². The van der Waals surface area contributed by atoms with Crippen LogP contribution >= 0.6 is 0 Å². The Morgan fingerprint density at radius 3 is 2.33 bits per heavy atom. The van der Waals surface area contributed by atoms with E-state index in [4.69, 9.17) is 9.47 Å². The van der Waals surface area contributed by atoms with Crippen LogP contribution in [0.4, 0.5) is 4.79 Å². The highest BCUT2D eigenvalue weighted by atomic mass is 16.5. The fourth-order valence-corrected chi connectivity index (χ4v) is 3.69. The van der Waals surface area contributed by atoms with Gasteiger partial charge in [0.15, 0.2) is 0 Å². The molecule has 2 amide bonds. The van der Waals surface area contributed by atoms with Gasteiger partial charge in [0.05, 0.1) is 7.11 Å². The van der Waals surface area contributed by atoms with Crippen LogP contribution in [0.3, 0.4) is 0 Å². The number of amides is 2. The predicted octanol–water partition coefficient (Wildman–Crippen LogP) is 4.84. The third-order valence-electron chi connectivity index (χ3n) is 5.53. The zero-order chi connectivity index (χ0) is 22.9. The second-order valence-corrected chi connectivity index (χ2v) is 7.83. The summed E-state index contributed by atoms with van der Waals surface area (Å²) >= 11 is 0. The topological polar surface area (TPSA) is 75.4 Å². The number of aromatic nitrogens is 1. The molecule has 33 heavy (non-hydrogen) atoms. The van der Waals surface area contributed by atoms with E-state index >= 15 is 0 Å². The second-order valence-electron chi connectivity index (χ2n) is 7.83. The van der Waals surface area contributed by atoms with Gasteiger partial charge in [-0.15, -0.1) is 0 Å². The number of H-pyrrole nitrogens is 1. The third kappa shape index (κ3) is 6.29. The summed E-state index contributed by atoms with van der Waals surface area (Å²) in [5.74, 6) is 1.66. The molecule has 0 aliphatic carbocycles. The van der Waals surface area contributed by atoms with Crippen LogP contribution in [0.2, 0.25) is 0 Å². The summed E-state index contributed by atoms with van der Waals surface area (Å²) in [6.45, 7) is 1.68. The lowest BCUT2D eigenvalue weighted by Crippen LogP contribution is -2.37. The zero-order valence-corrected chi connectivity index (χ0v) is 18.8. The first kappa shape index (κ1) is 22.3. The molecular weight excluding hydrogens is 414 g/mol. The number of rotatable bonds is 10. The van der Waals surface area contributed by atoms with Crippen molar-refractivity contribution in [3.8, 4) is 11.5 Å². The summed E-state index contributed by atoms with van der Waals surface area (Å²) in [6.07, 6.45) is 3.51. The van der Waals surface area contributed by atoms with Gasteiger partial charge in [-0.3, -0.25) is 0 Å². The van der Waals surface area contributed by atoms with Crippen molar-refractivity contribution in [3.05, 3.63) is 95.7 Å². The molecule has 1 heterocycles. The van der Waals surface area contributed by atoms with Gasteiger partial charge in [0, 0.05) is 36.3 Å². The van der Waals surface area contributed by atoms with Gasteiger partial charge in [-0.1, -0.05) is 42.5 Å². The van der Waals surface area contributed by atoms with E-state index in [1.165, 1.54) is 0 Å². The van der Waals surface area contributed by atoms with E-state index < -0.39 is 0 Å². The number of carbonyl (C=O) groups excluding carboxylic acids is 1. The Morgan fingerprint density at radius 2 is 1.58 bits per heavy atom. The Labute approximate surface area is 193 Å².